The molecule has 0 unspecified atom stereocenters. The van der Waals surface area contributed by atoms with Gasteiger partial charge < -0.3 is 58.6 Å². The molecule has 2 N–H and O–H groups in total. The van der Waals surface area contributed by atoms with Crippen LogP contribution in [0.2, 0.25) is 0 Å². The van der Waals surface area contributed by atoms with Crippen molar-refractivity contribution in [2.45, 2.75) is 81.9 Å². The minimum absolute atomic E-state index is 0. The van der Waals surface area contributed by atoms with Gasteiger partial charge in [-0.15, -0.1) is 0 Å². The molecule has 2 amide bonds. The van der Waals surface area contributed by atoms with Crippen LogP contribution in [0.25, 0.3) is 0 Å². The third-order valence-electron chi connectivity index (χ3n) is 5.34. The van der Waals surface area contributed by atoms with Crippen molar-refractivity contribution in [1.29, 1.82) is 15.8 Å². The Hall–Kier alpha value is -3.21. The number of nitrogens with zero attached hydrogens (tertiary/aromatic N) is 7. The Kier molecular flexibility index (Phi) is 29.8. The van der Waals surface area contributed by atoms with Crippen molar-refractivity contribution in [3.63, 3.8) is 0 Å². The van der Waals surface area contributed by atoms with E-state index in [4.69, 9.17) is 15.8 Å². The van der Waals surface area contributed by atoms with Crippen LogP contribution >= 0.6 is 0 Å². The minimum atomic E-state index is -0.512. The Balaban J connectivity index is -0.000000726. The van der Waals surface area contributed by atoms with Crippen molar-refractivity contribution in [3.8, 4) is 18.2 Å². The maximum atomic E-state index is 12.4. The molecule has 0 aromatic carbocycles. The zero-order valence-electron chi connectivity index (χ0n) is 28.9. The molecule has 0 saturated heterocycles. The molecule has 0 bridgehead atoms. The monoisotopic (exact) mass is 924 g/mol. The van der Waals surface area contributed by atoms with Crippen LogP contribution < -0.4 is 58.6 Å². The van der Waals surface area contributed by atoms with Crippen LogP contribution in [-0.2, 0) is 46.0 Å². The Labute approximate surface area is 330 Å². The average molecular weight is 925 g/mol. The Bertz CT molecular complexity index is 1370. The predicted octanol–water partition coefficient (Wildman–Crippen LogP) is 0.638. The van der Waals surface area contributed by atoms with E-state index in [1.807, 2.05) is 84.0 Å². The van der Waals surface area contributed by atoms with E-state index in [9.17, 15) is 9.59 Å². The predicted molar refractivity (Wildman–Crippen MR) is 176 cm³/mol. The number of halogens is 2. The minimum Gasteiger partial charge on any atom is -1.00 e. The van der Waals surface area contributed by atoms with Crippen LogP contribution in [0.5, 0.6) is 0 Å². The third kappa shape index (κ3) is 23.2. The van der Waals surface area contributed by atoms with Crippen LogP contribution in [-0.4, -0.2) is 31.7 Å². The van der Waals surface area contributed by atoms with E-state index in [1.165, 1.54) is 20.8 Å². The van der Waals surface area contributed by atoms with Crippen molar-refractivity contribution in [1.82, 2.24) is 19.9 Å². The second-order valence-electron chi connectivity index (χ2n) is 11.6. The first kappa shape index (κ1) is 51.6. The van der Waals surface area contributed by atoms with Gasteiger partial charge in [0.2, 0.25) is 11.8 Å². The number of hydrogen-bond donors (Lipinski definition) is 2. The summed E-state index contributed by atoms with van der Waals surface area (Å²) in [6, 6.07) is 22.3. The summed E-state index contributed by atoms with van der Waals surface area (Å²) in [5.74, 6) is 0.872. The smallest absolute Gasteiger partial charge is 1.00 e. The Morgan fingerprint density at radius 1 is 0.646 bits per heavy atom. The molecule has 0 atom stereocenters. The number of nitrogens with one attached hydrogen (secondary N) is 2. The largest absolute Gasteiger partial charge is 3.00 e. The van der Waals surface area contributed by atoms with Crippen LogP contribution in [0.4, 0.5) is 11.6 Å². The average Bonchev–Trinajstić information content (AvgIpc) is 2.94. The summed E-state index contributed by atoms with van der Waals surface area (Å²) in [6.07, 6.45) is 1.77. The van der Waals surface area contributed by atoms with Crippen LogP contribution in [0.3, 0.4) is 0 Å². The van der Waals surface area contributed by atoms with E-state index in [-0.39, 0.29) is 76.5 Å². The summed E-state index contributed by atoms with van der Waals surface area (Å²) >= 11 is 0. The molecule has 0 radical (unpaired) electrons. The molecule has 260 valence electrons. The zero-order chi connectivity index (χ0) is 34.5. The number of pyridine rings is 3. The number of rotatable bonds is 8. The van der Waals surface area contributed by atoms with E-state index >= 15 is 0 Å². The second kappa shape index (κ2) is 27.7. The molecule has 0 aliphatic rings. The van der Waals surface area contributed by atoms with Gasteiger partial charge in [-0.3, -0.25) is 19.5 Å². The van der Waals surface area contributed by atoms with Gasteiger partial charge in [0.05, 0.1) is 35.3 Å². The summed E-state index contributed by atoms with van der Waals surface area (Å²) in [5, 5.41) is 27.8. The number of nitriles is 3. The summed E-state index contributed by atoms with van der Waals surface area (Å²) < 4.78 is 0. The molecule has 3 rings (SSSR count). The molecule has 11 nitrogen and oxygen atoms in total. The van der Waals surface area contributed by atoms with Crippen molar-refractivity contribution in [2.24, 2.45) is 10.8 Å². The first-order valence-corrected chi connectivity index (χ1v) is 14.2. The van der Waals surface area contributed by atoms with Gasteiger partial charge in [-0.1, -0.05) is 59.7 Å². The third-order valence-corrected chi connectivity index (χ3v) is 5.34. The molecule has 0 spiro atoms. The fraction of sp³-hybridized carbons (Fsp3) is 0.412. The molecule has 0 aliphatic carbocycles. The van der Waals surface area contributed by atoms with Gasteiger partial charge in [-0.25, -0.2) is 9.97 Å². The number of aromatic nitrogens is 3. The fourth-order valence-corrected chi connectivity index (χ4v) is 3.23. The Morgan fingerprint density at radius 3 is 1.29 bits per heavy atom. The van der Waals surface area contributed by atoms with Gasteiger partial charge in [-0.2, -0.15) is 15.8 Å². The quantitative estimate of drug-likeness (QED) is 0.308. The number of anilines is 2. The number of carbonyl (C=O) groups excluding carboxylic acids is 2. The number of hydrogen-bond acceptors (Lipinski definition) is 9. The standard InChI is InChI=1S/C28H36N6O2.3C2H3N.Co.2HI/c1-27(2,3)25(35)32-23-14-9-12-21(30-23)18-34(17-20-11-7-8-16-29-20)19-22-13-10-15-24(31-22)33-26(36)28(4,5)6;3*1-2-3;;;/h7-16H,17-19H2,1-6H3,(H,30,32,35)(H,31,33,36);3*1H3;;2*1H/q;;;;+3;;/p-2. The molecule has 3 aromatic heterocycles. The van der Waals surface area contributed by atoms with E-state index in [1.54, 1.807) is 36.5 Å². The van der Waals surface area contributed by atoms with Crippen LogP contribution in [0, 0.1) is 44.8 Å². The van der Waals surface area contributed by atoms with Gasteiger partial charge in [0, 0.05) is 57.4 Å². The molecule has 0 fully saturated rings. The summed E-state index contributed by atoms with van der Waals surface area (Å²) in [6.45, 7) is 17.1. The van der Waals surface area contributed by atoms with Gasteiger partial charge in [0.1, 0.15) is 11.6 Å². The fourth-order valence-electron chi connectivity index (χ4n) is 3.23. The van der Waals surface area contributed by atoms with Gasteiger partial charge in [0.25, 0.3) is 0 Å². The molecule has 0 aliphatic heterocycles. The van der Waals surface area contributed by atoms with Crippen molar-refractivity contribution >= 4 is 23.5 Å². The van der Waals surface area contributed by atoms with Crippen molar-refractivity contribution < 1.29 is 74.3 Å². The first-order valence-electron chi connectivity index (χ1n) is 14.2. The number of amides is 2. The maximum Gasteiger partial charge on any atom is 3.00 e. The molecule has 0 saturated carbocycles. The first-order chi connectivity index (χ1) is 21.1. The molecular weight excluding hydrogens is 879 g/mol. The van der Waals surface area contributed by atoms with Gasteiger partial charge in [0.15, 0.2) is 0 Å². The molecular formula is C34H45CoI2N9O2+. The molecule has 48 heavy (non-hydrogen) atoms. The van der Waals surface area contributed by atoms with Gasteiger partial charge in [-0.05, 0) is 36.4 Å². The molecule has 3 heterocycles. The van der Waals surface area contributed by atoms with E-state index < -0.39 is 10.8 Å². The summed E-state index contributed by atoms with van der Waals surface area (Å²) in [4.78, 5) is 40.8. The van der Waals surface area contributed by atoms with Crippen LogP contribution in [0.1, 0.15) is 79.4 Å². The summed E-state index contributed by atoms with van der Waals surface area (Å²) in [5.41, 5.74) is 1.53. The maximum absolute atomic E-state index is 12.4. The molecule has 3 aromatic rings. The molecule has 14 heteroatoms. The second-order valence-corrected chi connectivity index (χ2v) is 11.6. The van der Waals surface area contributed by atoms with Crippen LogP contribution in [0.15, 0.2) is 60.8 Å². The zero-order valence-corrected chi connectivity index (χ0v) is 34.3. The summed E-state index contributed by atoms with van der Waals surface area (Å²) in [7, 11) is 0. The van der Waals surface area contributed by atoms with Crippen molar-refractivity contribution in [3.05, 3.63) is 77.9 Å². The van der Waals surface area contributed by atoms with E-state index in [0.717, 1.165) is 17.1 Å². The van der Waals surface area contributed by atoms with Gasteiger partial charge >= 0.3 is 16.8 Å². The SMILES string of the molecule is CC#N.CC#N.CC#N.CC(C)(C)C(=O)Nc1cccc(CN(Cc2ccccn2)Cc2cccc(NC(=O)C(C)(C)C)n2)n1.[Co+3].[I-].[I-]. The number of carbonyl (C=O) groups is 2. The van der Waals surface area contributed by atoms with E-state index in [2.05, 4.69) is 30.5 Å². The normalized spacial score (nSPS) is 9.40. The van der Waals surface area contributed by atoms with E-state index in [0.29, 0.717) is 31.3 Å². The van der Waals surface area contributed by atoms with Crippen molar-refractivity contribution in [2.75, 3.05) is 10.6 Å². The Morgan fingerprint density at radius 2 is 0.979 bits per heavy atom. The topological polar surface area (TPSA) is 171 Å².